The highest BCUT2D eigenvalue weighted by atomic mass is 35.5. The lowest BCUT2D eigenvalue weighted by molar-refractivity contribution is 1.32. The van der Waals surface area contributed by atoms with Gasteiger partial charge in [0, 0.05) is 31.2 Å². The van der Waals surface area contributed by atoms with E-state index in [-0.39, 0.29) is 0 Å². The van der Waals surface area contributed by atoms with Crippen LogP contribution in [0.3, 0.4) is 0 Å². The van der Waals surface area contributed by atoms with Crippen molar-refractivity contribution in [3.8, 4) is 22.5 Å². The molecule has 0 unspecified atom stereocenters. The Morgan fingerprint density at radius 2 is 1.13 bits per heavy atom. The maximum Gasteiger partial charge on any atom is 0.0939 e. The van der Waals surface area contributed by atoms with Crippen LogP contribution in [0.15, 0.2) is 48.5 Å². The summed E-state index contributed by atoms with van der Waals surface area (Å²) in [5.41, 5.74) is 9.44. The Labute approximate surface area is 153 Å². The zero-order valence-electron chi connectivity index (χ0n) is 11.7. The quantitative estimate of drug-likeness (QED) is 0.540. The minimum atomic E-state index is 0.518. The molecule has 0 fully saturated rings. The Morgan fingerprint density at radius 3 is 1.65 bits per heavy atom. The number of halogens is 4. The summed E-state index contributed by atoms with van der Waals surface area (Å²) in [7, 11) is 0. The molecular weight excluding hydrogens is 374 g/mol. The molecule has 0 aliphatic carbocycles. The van der Waals surface area contributed by atoms with Crippen molar-refractivity contribution in [3.63, 3.8) is 0 Å². The van der Waals surface area contributed by atoms with Gasteiger partial charge in [0.15, 0.2) is 0 Å². The molecular formula is C17H10Cl4N2. The van der Waals surface area contributed by atoms with E-state index < -0.39 is 0 Å². The largest absolute Gasteiger partial charge is 0.397 e. The topological polar surface area (TPSA) is 38.9 Å². The Bertz CT molecular complexity index is 853. The van der Waals surface area contributed by atoms with Crippen LogP contribution in [0.2, 0.25) is 20.1 Å². The van der Waals surface area contributed by atoms with Crippen molar-refractivity contribution in [2.75, 3.05) is 5.73 Å². The zero-order chi connectivity index (χ0) is 16.6. The summed E-state index contributed by atoms with van der Waals surface area (Å²) in [5, 5.41) is 2.12. The Morgan fingerprint density at radius 1 is 0.652 bits per heavy atom. The summed E-state index contributed by atoms with van der Waals surface area (Å²) < 4.78 is 0. The highest BCUT2D eigenvalue weighted by molar-refractivity contribution is 6.35. The van der Waals surface area contributed by atoms with Crippen LogP contribution in [-0.2, 0) is 0 Å². The van der Waals surface area contributed by atoms with Gasteiger partial charge in [-0.1, -0.05) is 46.4 Å². The van der Waals surface area contributed by atoms with Crippen LogP contribution in [-0.4, -0.2) is 4.98 Å². The van der Waals surface area contributed by atoms with Gasteiger partial charge in [-0.25, -0.2) is 4.98 Å². The van der Waals surface area contributed by atoms with Gasteiger partial charge in [0.25, 0.3) is 0 Å². The zero-order valence-corrected chi connectivity index (χ0v) is 14.7. The number of nitrogen functional groups attached to an aromatic ring is 1. The van der Waals surface area contributed by atoms with E-state index in [1.165, 1.54) is 0 Å². The molecule has 6 heteroatoms. The highest BCUT2D eigenvalue weighted by Gasteiger charge is 2.10. The molecule has 0 bridgehead atoms. The number of benzene rings is 2. The van der Waals surface area contributed by atoms with Crippen LogP contribution in [0.5, 0.6) is 0 Å². The molecule has 0 saturated carbocycles. The van der Waals surface area contributed by atoms with Gasteiger partial charge in [-0.05, 0) is 48.5 Å². The number of pyridine rings is 1. The average Bonchev–Trinajstić information content (AvgIpc) is 2.45. The molecule has 2 aromatic carbocycles. The van der Waals surface area contributed by atoms with E-state index >= 15 is 0 Å². The lowest BCUT2D eigenvalue weighted by Gasteiger charge is -2.10. The first-order valence-corrected chi connectivity index (χ1v) is 8.13. The molecule has 0 radical (unpaired) electrons. The van der Waals surface area contributed by atoms with Crippen LogP contribution in [0.1, 0.15) is 0 Å². The van der Waals surface area contributed by atoms with Crippen LogP contribution in [0, 0.1) is 0 Å². The molecule has 3 aromatic rings. The van der Waals surface area contributed by atoms with E-state index in [2.05, 4.69) is 4.98 Å². The Balaban J connectivity index is 2.16. The third-order valence-electron chi connectivity index (χ3n) is 3.22. The third kappa shape index (κ3) is 3.73. The van der Waals surface area contributed by atoms with E-state index in [9.17, 15) is 0 Å². The molecule has 0 aliphatic heterocycles. The average molecular weight is 384 g/mol. The first-order valence-electron chi connectivity index (χ1n) is 6.62. The Hall–Kier alpha value is -1.45. The molecule has 0 atom stereocenters. The molecule has 116 valence electrons. The minimum absolute atomic E-state index is 0.518. The van der Waals surface area contributed by atoms with Crippen molar-refractivity contribution in [3.05, 3.63) is 68.6 Å². The van der Waals surface area contributed by atoms with Gasteiger partial charge in [-0.3, -0.25) is 0 Å². The molecule has 2 nitrogen and oxygen atoms in total. The standard InChI is InChI=1S/C17H10Cl4N2/c18-11-3-9(4-12(19)7-11)16-2-1-15(22)17(23-16)10-5-13(20)8-14(21)6-10/h1-8H,22H2. The maximum atomic E-state index is 6.06. The van der Waals surface area contributed by atoms with E-state index in [1.807, 2.05) is 6.07 Å². The minimum Gasteiger partial charge on any atom is -0.397 e. The lowest BCUT2D eigenvalue weighted by Crippen LogP contribution is -1.95. The first-order chi connectivity index (χ1) is 10.9. The van der Waals surface area contributed by atoms with Gasteiger partial charge in [-0.2, -0.15) is 0 Å². The lowest BCUT2D eigenvalue weighted by atomic mass is 10.1. The number of anilines is 1. The number of nitrogens with two attached hydrogens (primary N) is 1. The number of hydrogen-bond donors (Lipinski definition) is 1. The summed E-state index contributed by atoms with van der Waals surface area (Å²) in [4.78, 5) is 4.62. The molecule has 0 aliphatic rings. The van der Waals surface area contributed by atoms with Gasteiger partial charge < -0.3 is 5.73 Å². The smallest absolute Gasteiger partial charge is 0.0939 e. The number of nitrogens with zero attached hydrogens (tertiary/aromatic N) is 1. The Kier molecular flexibility index (Phi) is 4.69. The highest BCUT2D eigenvalue weighted by Crippen LogP contribution is 2.33. The molecule has 0 spiro atoms. The van der Waals surface area contributed by atoms with Crippen LogP contribution >= 0.6 is 46.4 Å². The second kappa shape index (κ2) is 6.58. The van der Waals surface area contributed by atoms with Crippen LogP contribution in [0.4, 0.5) is 5.69 Å². The second-order valence-electron chi connectivity index (χ2n) is 4.95. The molecule has 0 amide bonds. The van der Waals surface area contributed by atoms with E-state index in [4.69, 9.17) is 52.1 Å². The summed E-state index contributed by atoms with van der Waals surface area (Å²) >= 11 is 24.2. The predicted octanol–water partition coefficient (Wildman–Crippen LogP) is 6.61. The van der Waals surface area contributed by atoms with Crippen molar-refractivity contribution in [2.45, 2.75) is 0 Å². The van der Waals surface area contributed by atoms with Crippen molar-refractivity contribution in [1.82, 2.24) is 4.98 Å². The van der Waals surface area contributed by atoms with Crippen molar-refractivity contribution in [1.29, 1.82) is 0 Å². The summed E-state index contributed by atoms with van der Waals surface area (Å²) in [6, 6.07) is 14.0. The van der Waals surface area contributed by atoms with Crippen molar-refractivity contribution >= 4 is 52.1 Å². The number of aromatic nitrogens is 1. The molecule has 1 heterocycles. The van der Waals surface area contributed by atoms with Gasteiger partial charge in [0.1, 0.15) is 0 Å². The molecule has 23 heavy (non-hydrogen) atoms. The molecule has 0 saturated heterocycles. The fraction of sp³-hybridized carbons (Fsp3) is 0. The third-order valence-corrected chi connectivity index (χ3v) is 4.09. The van der Waals surface area contributed by atoms with E-state index in [1.54, 1.807) is 42.5 Å². The fourth-order valence-corrected chi connectivity index (χ4v) is 3.31. The van der Waals surface area contributed by atoms with Gasteiger partial charge in [0.2, 0.25) is 0 Å². The summed E-state index contributed by atoms with van der Waals surface area (Å²) in [6.45, 7) is 0. The number of hydrogen-bond acceptors (Lipinski definition) is 2. The fourth-order valence-electron chi connectivity index (χ4n) is 2.25. The predicted molar refractivity (Wildman–Crippen MR) is 99.6 cm³/mol. The molecule has 2 N–H and O–H groups in total. The van der Waals surface area contributed by atoms with E-state index in [0.29, 0.717) is 37.2 Å². The summed E-state index contributed by atoms with van der Waals surface area (Å²) in [5.74, 6) is 0. The van der Waals surface area contributed by atoms with Crippen LogP contribution in [0.25, 0.3) is 22.5 Å². The molecule has 1 aromatic heterocycles. The SMILES string of the molecule is Nc1ccc(-c2cc(Cl)cc(Cl)c2)nc1-c1cc(Cl)cc(Cl)c1. The van der Waals surface area contributed by atoms with Crippen molar-refractivity contribution in [2.24, 2.45) is 0 Å². The number of rotatable bonds is 2. The van der Waals surface area contributed by atoms with Crippen molar-refractivity contribution < 1.29 is 0 Å². The maximum absolute atomic E-state index is 6.06. The van der Waals surface area contributed by atoms with Gasteiger partial charge in [-0.15, -0.1) is 0 Å². The monoisotopic (exact) mass is 382 g/mol. The van der Waals surface area contributed by atoms with Crippen LogP contribution < -0.4 is 5.73 Å². The molecule has 3 rings (SSSR count). The van der Waals surface area contributed by atoms with Gasteiger partial charge in [0.05, 0.1) is 17.1 Å². The first kappa shape index (κ1) is 16.4. The van der Waals surface area contributed by atoms with E-state index in [0.717, 1.165) is 11.1 Å². The summed E-state index contributed by atoms with van der Waals surface area (Å²) in [6.07, 6.45) is 0. The second-order valence-corrected chi connectivity index (χ2v) is 6.70. The normalized spacial score (nSPS) is 10.8. The van der Waals surface area contributed by atoms with Gasteiger partial charge >= 0.3 is 0 Å².